The summed E-state index contributed by atoms with van der Waals surface area (Å²) in [6.45, 7) is 1.78. The number of carbonyl (C=O) groups is 1. The van der Waals surface area contributed by atoms with Crippen LogP contribution in [0.4, 0.5) is 10.4 Å². The number of benzene rings is 2. The van der Waals surface area contributed by atoms with Crippen LogP contribution in [-0.2, 0) is 0 Å². The molecule has 1 atom stereocenters. The van der Waals surface area contributed by atoms with Crippen LogP contribution in [0.3, 0.4) is 0 Å². The predicted molar refractivity (Wildman–Crippen MR) is 97.9 cm³/mol. The fourth-order valence-corrected chi connectivity index (χ4v) is 3.13. The monoisotopic (exact) mass is 366 g/mol. The summed E-state index contributed by atoms with van der Waals surface area (Å²) in [5, 5.41) is 11.2. The molecule has 1 N–H and O–H groups in total. The molecule has 0 saturated carbocycles. The SMILES string of the molecule is O=C(NC(c1ccccc1)c1nnc(N2CCCC2)o1)c1ccc(F)cc1. The first-order valence-electron chi connectivity index (χ1n) is 8.90. The Morgan fingerprint density at radius 1 is 1.04 bits per heavy atom. The zero-order valence-corrected chi connectivity index (χ0v) is 14.6. The first-order valence-corrected chi connectivity index (χ1v) is 8.90. The molecule has 1 aromatic heterocycles. The maximum Gasteiger partial charge on any atom is 0.318 e. The molecule has 1 aliphatic rings. The van der Waals surface area contributed by atoms with Gasteiger partial charge in [0.05, 0.1) is 0 Å². The number of hydrogen-bond donors (Lipinski definition) is 1. The van der Waals surface area contributed by atoms with Crippen molar-refractivity contribution in [1.82, 2.24) is 15.5 Å². The van der Waals surface area contributed by atoms with E-state index in [1.165, 1.54) is 24.3 Å². The van der Waals surface area contributed by atoms with Gasteiger partial charge in [-0.25, -0.2) is 4.39 Å². The predicted octanol–water partition coefficient (Wildman–Crippen LogP) is 3.33. The largest absolute Gasteiger partial charge is 0.405 e. The van der Waals surface area contributed by atoms with E-state index in [4.69, 9.17) is 4.42 Å². The van der Waals surface area contributed by atoms with E-state index in [-0.39, 0.29) is 5.91 Å². The number of anilines is 1. The highest BCUT2D eigenvalue weighted by molar-refractivity contribution is 5.94. The lowest BCUT2D eigenvalue weighted by molar-refractivity contribution is 0.0938. The molecule has 0 aliphatic carbocycles. The molecule has 138 valence electrons. The minimum atomic E-state index is -0.590. The van der Waals surface area contributed by atoms with Gasteiger partial charge in [0, 0.05) is 18.7 Å². The number of amides is 1. The Morgan fingerprint density at radius 3 is 2.44 bits per heavy atom. The summed E-state index contributed by atoms with van der Waals surface area (Å²) in [4.78, 5) is 14.7. The Bertz CT molecular complexity index is 905. The van der Waals surface area contributed by atoms with Crippen molar-refractivity contribution in [2.75, 3.05) is 18.0 Å². The number of nitrogens with one attached hydrogen (secondary N) is 1. The van der Waals surface area contributed by atoms with Crippen molar-refractivity contribution in [2.24, 2.45) is 0 Å². The minimum absolute atomic E-state index is 0.318. The Balaban J connectivity index is 1.61. The Labute approximate surface area is 156 Å². The topological polar surface area (TPSA) is 71.3 Å². The summed E-state index contributed by atoms with van der Waals surface area (Å²) < 4.78 is 19.0. The van der Waals surface area contributed by atoms with E-state index in [0.717, 1.165) is 31.5 Å². The summed E-state index contributed by atoms with van der Waals surface area (Å²) in [7, 11) is 0. The van der Waals surface area contributed by atoms with Crippen LogP contribution in [0.5, 0.6) is 0 Å². The van der Waals surface area contributed by atoms with Gasteiger partial charge in [0.1, 0.15) is 11.9 Å². The van der Waals surface area contributed by atoms with Gasteiger partial charge in [0.25, 0.3) is 5.91 Å². The number of nitrogens with zero attached hydrogens (tertiary/aromatic N) is 3. The maximum atomic E-state index is 13.1. The second-order valence-electron chi connectivity index (χ2n) is 6.44. The van der Waals surface area contributed by atoms with Crippen LogP contribution in [0, 0.1) is 5.82 Å². The highest BCUT2D eigenvalue weighted by Gasteiger charge is 2.26. The van der Waals surface area contributed by atoms with Gasteiger partial charge in [-0.1, -0.05) is 35.4 Å². The first kappa shape index (κ1) is 17.2. The second kappa shape index (κ2) is 7.57. The van der Waals surface area contributed by atoms with Gasteiger partial charge < -0.3 is 14.6 Å². The molecule has 1 fully saturated rings. The van der Waals surface area contributed by atoms with Crippen molar-refractivity contribution in [3.63, 3.8) is 0 Å². The van der Waals surface area contributed by atoms with E-state index in [1.807, 2.05) is 35.2 Å². The van der Waals surface area contributed by atoms with Crippen LogP contribution in [0.15, 0.2) is 59.0 Å². The summed E-state index contributed by atoms with van der Waals surface area (Å²) in [5.41, 5.74) is 1.18. The van der Waals surface area contributed by atoms with Crippen LogP contribution in [-0.4, -0.2) is 29.2 Å². The molecule has 4 rings (SSSR count). The van der Waals surface area contributed by atoms with E-state index in [9.17, 15) is 9.18 Å². The summed E-state index contributed by atoms with van der Waals surface area (Å²) in [5.74, 6) is -0.415. The molecule has 3 aromatic rings. The molecule has 2 aromatic carbocycles. The molecule has 27 heavy (non-hydrogen) atoms. The van der Waals surface area contributed by atoms with Gasteiger partial charge in [-0.15, -0.1) is 5.10 Å². The van der Waals surface area contributed by atoms with Gasteiger partial charge >= 0.3 is 6.01 Å². The molecule has 1 saturated heterocycles. The molecule has 1 unspecified atom stereocenters. The van der Waals surface area contributed by atoms with E-state index in [2.05, 4.69) is 15.5 Å². The zero-order chi connectivity index (χ0) is 18.6. The lowest BCUT2D eigenvalue weighted by Gasteiger charge is -2.16. The molecule has 0 bridgehead atoms. The standard InChI is InChI=1S/C20H19FN4O2/c21-16-10-8-15(9-11-16)18(26)22-17(14-6-2-1-3-7-14)19-23-24-20(27-19)25-12-4-5-13-25/h1-3,6-11,17H,4-5,12-13H2,(H,22,26). The normalized spacial score (nSPS) is 14.9. The fraction of sp³-hybridized carbons (Fsp3) is 0.250. The number of rotatable bonds is 5. The van der Waals surface area contributed by atoms with Gasteiger partial charge in [-0.2, -0.15) is 0 Å². The second-order valence-corrected chi connectivity index (χ2v) is 6.44. The lowest BCUT2D eigenvalue weighted by atomic mass is 10.1. The van der Waals surface area contributed by atoms with Gasteiger partial charge in [-0.05, 0) is 42.7 Å². The van der Waals surface area contributed by atoms with Gasteiger partial charge in [0.15, 0.2) is 0 Å². The average Bonchev–Trinajstić information content (AvgIpc) is 3.39. The summed E-state index contributed by atoms with van der Waals surface area (Å²) in [6.07, 6.45) is 2.20. The number of halogens is 1. The highest BCUT2D eigenvalue weighted by Crippen LogP contribution is 2.25. The molecular weight excluding hydrogens is 347 g/mol. The number of aromatic nitrogens is 2. The molecule has 1 amide bonds. The van der Waals surface area contributed by atoms with Crippen LogP contribution in [0.1, 0.15) is 40.7 Å². The van der Waals surface area contributed by atoms with E-state index in [1.54, 1.807) is 0 Å². The van der Waals surface area contributed by atoms with Crippen molar-refractivity contribution in [1.29, 1.82) is 0 Å². The van der Waals surface area contributed by atoms with E-state index < -0.39 is 11.9 Å². The third kappa shape index (κ3) is 3.81. The zero-order valence-electron chi connectivity index (χ0n) is 14.6. The third-order valence-electron chi connectivity index (χ3n) is 4.57. The third-order valence-corrected chi connectivity index (χ3v) is 4.57. The highest BCUT2D eigenvalue weighted by atomic mass is 19.1. The minimum Gasteiger partial charge on any atom is -0.405 e. The Kier molecular flexibility index (Phi) is 4.82. The number of hydrogen-bond acceptors (Lipinski definition) is 5. The molecule has 0 spiro atoms. The molecule has 6 nitrogen and oxygen atoms in total. The Hall–Kier alpha value is -3.22. The van der Waals surface area contributed by atoms with E-state index in [0.29, 0.717) is 17.5 Å². The average molecular weight is 366 g/mol. The van der Waals surface area contributed by atoms with Crippen LogP contribution in [0.25, 0.3) is 0 Å². The lowest BCUT2D eigenvalue weighted by Crippen LogP contribution is -2.29. The van der Waals surface area contributed by atoms with Gasteiger partial charge in [-0.3, -0.25) is 4.79 Å². The Morgan fingerprint density at radius 2 is 1.74 bits per heavy atom. The van der Waals surface area contributed by atoms with Crippen molar-refractivity contribution in [2.45, 2.75) is 18.9 Å². The fourth-order valence-electron chi connectivity index (χ4n) is 3.13. The van der Waals surface area contributed by atoms with Crippen molar-refractivity contribution >= 4 is 11.9 Å². The molecule has 0 radical (unpaired) electrons. The molecule has 2 heterocycles. The van der Waals surface area contributed by atoms with Crippen LogP contribution >= 0.6 is 0 Å². The van der Waals surface area contributed by atoms with E-state index >= 15 is 0 Å². The molecular formula is C20H19FN4O2. The first-order chi connectivity index (χ1) is 13.2. The van der Waals surface area contributed by atoms with Gasteiger partial charge in [0.2, 0.25) is 5.89 Å². The summed E-state index contributed by atoms with van der Waals surface area (Å²) >= 11 is 0. The van der Waals surface area contributed by atoms with Crippen molar-refractivity contribution in [3.8, 4) is 0 Å². The quantitative estimate of drug-likeness (QED) is 0.750. The summed E-state index contributed by atoms with van der Waals surface area (Å²) in [6, 6.07) is 14.7. The smallest absolute Gasteiger partial charge is 0.318 e. The van der Waals surface area contributed by atoms with Crippen molar-refractivity contribution in [3.05, 3.63) is 77.4 Å². The number of carbonyl (C=O) groups excluding carboxylic acids is 1. The van der Waals surface area contributed by atoms with Crippen LogP contribution in [0.2, 0.25) is 0 Å². The molecule has 1 aliphatic heterocycles. The van der Waals surface area contributed by atoms with Crippen molar-refractivity contribution < 1.29 is 13.6 Å². The molecule has 7 heteroatoms. The maximum absolute atomic E-state index is 13.1. The van der Waals surface area contributed by atoms with Crippen LogP contribution < -0.4 is 10.2 Å².